The first-order chi connectivity index (χ1) is 11.7. The molecule has 0 spiro atoms. The molecule has 2 fully saturated rings. The highest BCUT2D eigenvalue weighted by molar-refractivity contribution is 7.90. The van der Waals surface area contributed by atoms with Gasteiger partial charge in [0.25, 0.3) is 0 Å². The molecule has 0 radical (unpaired) electrons. The lowest BCUT2D eigenvalue weighted by Crippen LogP contribution is -2.54. The molecule has 2 heterocycles. The zero-order valence-corrected chi connectivity index (χ0v) is 16.4. The highest BCUT2D eigenvalue weighted by atomic mass is 32.2. The van der Waals surface area contributed by atoms with Crippen LogP contribution in [0.4, 0.5) is 0 Å². The fourth-order valence-electron chi connectivity index (χ4n) is 3.71. The summed E-state index contributed by atoms with van der Waals surface area (Å²) in [5, 5.41) is 0. The standard InChI is InChI=1S/C17H31N3O4S/c1-14(13-25(3,23)24)17(22)19-10-8-18(9-11-19)12-16(21)20-7-5-4-6-15(20)2/h14-15H,4-13H2,1-3H3/t14-,15-/m1/s1. The van der Waals surface area contributed by atoms with Gasteiger partial charge in [-0.3, -0.25) is 14.5 Å². The molecule has 2 atom stereocenters. The zero-order valence-electron chi connectivity index (χ0n) is 15.6. The topological polar surface area (TPSA) is 78.0 Å². The normalized spacial score (nSPS) is 24.2. The van der Waals surface area contributed by atoms with Crippen molar-refractivity contribution in [2.24, 2.45) is 5.92 Å². The van der Waals surface area contributed by atoms with Gasteiger partial charge in [0.2, 0.25) is 11.8 Å². The van der Waals surface area contributed by atoms with E-state index in [9.17, 15) is 18.0 Å². The van der Waals surface area contributed by atoms with Gasteiger partial charge in [0.15, 0.2) is 0 Å². The largest absolute Gasteiger partial charge is 0.340 e. The Morgan fingerprint density at radius 2 is 1.72 bits per heavy atom. The molecule has 7 nitrogen and oxygen atoms in total. The van der Waals surface area contributed by atoms with Gasteiger partial charge in [-0.2, -0.15) is 0 Å². The van der Waals surface area contributed by atoms with Crippen LogP contribution in [0.5, 0.6) is 0 Å². The molecule has 0 saturated carbocycles. The number of amides is 2. The number of sulfone groups is 1. The molecule has 0 aromatic rings. The number of nitrogens with zero attached hydrogens (tertiary/aromatic N) is 3. The lowest BCUT2D eigenvalue weighted by molar-refractivity contribution is -0.138. The summed E-state index contributed by atoms with van der Waals surface area (Å²) in [5.74, 6) is -0.562. The van der Waals surface area contributed by atoms with Crippen LogP contribution in [-0.4, -0.2) is 92.3 Å². The third-order valence-corrected chi connectivity index (χ3v) is 6.25. The third-order valence-electron chi connectivity index (χ3n) is 5.14. The molecule has 2 aliphatic heterocycles. The van der Waals surface area contributed by atoms with E-state index in [0.29, 0.717) is 38.8 Å². The summed E-state index contributed by atoms with van der Waals surface area (Å²) in [5.41, 5.74) is 0. The third kappa shape index (κ3) is 5.95. The van der Waals surface area contributed by atoms with E-state index in [4.69, 9.17) is 0 Å². The van der Waals surface area contributed by atoms with Crippen molar-refractivity contribution in [3.05, 3.63) is 0 Å². The number of piperidine rings is 1. The highest BCUT2D eigenvalue weighted by Gasteiger charge is 2.29. The Hall–Kier alpha value is -1.15. The van der Waals surface area contributed by atoms with E-state index in [1.165, 1.54) is 6.42 Å². The lowest BCUT2D eigenvalue weighted by Gasteiger charge is -2.38. The summed E-state index contributed by atoms with van der Waals surface area (Å²) in [6, 6.07) is 0.320. The zero-order chi connectivity index (χ0) is 18.6. The Labute approximate surface area is 151 Å². The van der Waals surface area contributed by atoms with E-state index in [2.05, 4.69) is 11.8 Å². The van der Waals surface area contributed by atoms with Gasteiger partial charge in [0.1, 0.15) is 9.84 Å². The molecule has 144 valence electrons. The van der Waals surface area contributed by atoms with Crippen LogP contribution in [0.1, 0.15) is 33.1 Å². The number of hydrogen-bond donors (Lipinski definition) is 0. The van der Waals surface area contributed by atoms with Crippen LogP contribution in [0.15, 0.2) is 0 Å². The fourth-order valence-corrected chi connectivity index (χ4v) is 4.77. The predicted octanol–water partition coefficient (Wildman–Crippen LogP) is 0.212. The van der Waals surface area contributed by atoms with E-state index in [0.717, 1.165) is 25.6 Å². The van der Waals surface area contributed by atoms with Crippen molar-refractivity contribution in [3.8, 4) is 0 Å². The van der Waals surface area contributed by atoms with E-state index < -0.39 is 15.8 Å². The number of carbonyl (C=O) groups excluding carboxylic acids is 2. The van der Waals surface area contributed by atoms with Gasteiger partial charge in [-0.1, -0.05) is 6.92 Å². The Kier molecular flexibility index (Phi) is 6.85. The predicted molar refractivity (Wildman–Crippen MR) is 96.9 cm³/mol. The van der Waals surface area contributed by atoms with E-state index in [1.54, 1.807) is 11.8 Å². The highest BCUT2D eigenvalue weighted by Crippen LogP contribution is 2.17. The quantitative estimate of drug-likeness (QED) is 0.689. The van der Waals surface area contributed by atoms with Crippen molar-refractivity contribution >= 4 is 21.7 Å². The summed E-state index contributed by atoms with van der Waals surface area (Å²) < 4.78 is 22.7. The molecule has 2 rings (SSSR count). The van der Waals surface area contributed by atoms with Crippen LogP contribution in [0.25, 0.3) is 0 Å². The molecule has 2 saturated heterocycles. The minimum absolute atomic E-state index is 0.110. The van der Waals surface area contributed by atoms with E-state index >= 15 is 0 Å². The Morgan fingerprint density at radius 3 is 2.28 bits per heavy atom. The molecule has 2 amide bonds. The summed E-state index contributed by atoms with van der Waals surface area (Å²) in [4.78, 5) is 30.7. The van der Waals surface area contributed by atoms with Crippen LogP contribution in [-0.2, 0) is 19.4 Å². The molecule has 0 unspecified atom stereocenters. The first-order valence-electron chi connectivity index (χ1n) is 9.15. The van der Waals surface area contributed by atoms with Gasteiger partial charge < -0.3 is 9.80 Å². The van der Waals surface area contributed by atoms with Crippen molar-refractivity contribution in [1.82, 2.24) is 14.7 Å². The van der Waals surface area contributed by atoms with Gasteiger partial charge in [0, 0.05) is 50.9 Å². The van der Waals surface area contributed by atoms with Crippen LogP contribution < -0.4 is 0 Å². The van der Waals surface area contributed by atoms with Crippen molar-refractivity contribution in [1.29, 1.82) is 0 Å². The molecule has 2 aliphatic rings. The van der Waals surface area contributed by atoms with Crippen molar-refractivity contribution < 1.29 is 18.0 Å². The van der Waals surface area contributed by atoms with Gasteiger partial charge in [-0.05, 0) is 26.2 Å². The Bertz CT molecular complexity index is 585. The van der Waals surface area contributed by atoms with Crippen molar-refractivity contribution in [2.75, 3.05) is 51.3 Å². The molecular formula is C17H31N3O4S. The number of carbonyl (C=O) groups is 2. The van der Waals surface area contributed by atoms with E-state index in [1.807, 2.05) is 4.90 Å². The Morgan fingerprint density at radius 1 is 1.08 bits per heavy atom. The molecule has 0 aromatic heterocycles. The first kappa shape index (κ1) is 20.2. The monoisotopic (exact) mass is 373 g/mol. The number of likely N-dealkylation sites (tertiary alicyclic amines) is 1. The molecule has 25 heavy (non-hydrogen) atoms. The van der Waals surface area contributed by atoms with Gasteiger partial charge >= 0.3 is 0 Å². The molecular weight excluding hydrogens is 342 g/mol. The van der Waals surface area contributed by atoms with Gasteiger partial charge in [0.05, 0.1) is 12.3 Å². The summed E-state index contributed by atoms with van der Waals surface area (Å²) >= 11 is 0. The van der Waals surface area contributed by atoms with Crippen molar-refractivity contribution in [2.45, 2.75) is 39.2 Å². The minimum atomic E-state index is -3.16. The second-order valence-corrected chi connectivity index (χ2v) is 9.71. The maximum Gasteiger partial charge on any atom is 0.236 e. The lowest BCUT2D eigenvalue weighted by atomic mass is 10.0. The Balaban J connectivity index is 1.79. The van der Waals surface area contributed by atoms with E-state index in [-0.39, 0.29) is 17.6 Å². The molecule has 0 aliphatic carbocycles. The second-order valence-electron chi connectivity index (χ2n) is 7.53. The maximum atomic E-state index is 12.5. The van der Waals surface area contributed by atoms with Gasteiger partial charge in [-0.25, -0.2) is 8.42 Å². The minimum Gasteiger partial charge on any atom is -0.340 e. The summed E-state index contributed by atoms with van der Waals surface area (Å²) in [6.45, 7) is 7.45. The van der Waals surface area contributed by atoms with Crippen LogP contribution in [0.2, 0.25) is 0 Å². The summed E-state index contributed by atoms with van der Waals surface area (Å²) in [7, 11) is -3.16. The van der Waals surface area contributed by atoms with Crippen LogP contribution in [0.3, 0.4) is 0 Å². The average molecular weight is 374 g/mol. The van der Waals surface area contributed by atoms with Crippen molar-refractivity contribution in [3.63, 3.8) is 0 Å². The molecule has 8 heteroatoms. The first-order valence-corrected chi connectivity index (χ1v) is 11.2. The fraction of sp³-hybridized carbons (Fsp3) is 0.882. The molecule has 0 N–H and O–H groups in total. The van der Waals surface area contributed by atoms with Gasteiger partial charge in [-0.15, -0.1) is 0 Å². The number of rotatable bonds is 5. The molecule has 0 bridgehead atoms. The molecule has 0 aromatic carbocycles. The average Bonchev–Trinajstić information content (AvgIpc) is 2.53. The van der Waals surface area contributed by atoms with Crippen LogP contribution in [0, 0.1) is 5.92 Å². The number of hydrogen-bond acceptors (Lipinski definition) is 5. The maximum absolute atomic E-state index is 12.5. The number of piperazine rings is 1. The SMILES string of the molecule is C[C@H](CS(C)(=O)=O)C(=O)N1CCN(CC(=O)N2CCCC[C@H]2C)CC1. The summed E-state index contributed by atoms with van der Waals surface area (Å²) in [6.07, 6.45) is 4.50. The van der Waals surface area contributed by atoms with Crippen LogP contribution >= 0.6 is 0 Å². The second kappa shape index (κ2) is 8.49. The smallest absolute Gasteiger partial charge is 0.236 e.